The summed E-state index contributed by atoms with van der Waals surface area (Å²) in [5.41, 5.74) is 0. The number of nitrogens with zero attached hydrogens (tertiary/aromatic N) is 3. The van der Waals surface area contributed by atoms with Crippen LogP contribution in [-0.4, -0.2) is 86.7 Å². The van der Waals surface area contributed by atoms with Crippen LogP contribution in [0.2, 0.25) is 0 Å². The molecule has 0 radical (unpaired) electrons. The molecule has 0 spiro atoms. The van der Waals surface area contributed by atoms with Gasteiger partial charge >= 0.3 is 6.03 Å². The van der Waals surface area contributed by atoms with Crippen molar-refractivity contribution < 1.29 is 13.2 Å². The number of likely N-dealkylation sites (tertiary alicyclic amines) is 1. The van der Waals surface area contributed by atoms with Crippen molar-refractivity contribution in [3.63, 3.8) is 0 Å². The molecule has 0 saturated carbocycles. The first-order valence-electron chi connectivity index (χ1n) is 8.07. The van der Waals surface area contributed by atoms with Gasteiger partial charge in [-0.3, -0.25) is 4.90 Å². The molecule has 2 rings (SSSR count). The molecule has 0 bridgehead atoms. The van der Waals surface area contributed by atoms with E-state index in [9.17, 15) is 13.2 Å². The van der Waals surface area contributed by atoms with E-state index in [0.29, 0.717) is 25.7 Å². The fourth-order valence-corrected chi connectivity index (χ4v) is 4.19. The Labute approximate surface area is 133 Å². The molecule has 0 aromatic heterocycles. The van der Waals surface area contributed by atoms with Gasteiger partial charge in [-0.25, -0.2) is 17.5 Å². The second kappa shape index (κ2) is 7.14. The van der Waals surface area contributed by atoms with E-state index in [2.05, 4.69) is 24.1 Å². The Morgan fingerprint density at radius 1 is 1.23 bits per heavy atom. The average Bonchev–Trinajstić information content (AvgIpc) is 2.86. The monoisotopic (exact) mass is 332 g/mol. The third kappa shape index (κ3) is 4.11. The number of sulfonamides is 1. The van der Waals surface area contributed by atoms with Gasteiger partial charge in [-0.05, 0) is 19.5 Å². The number of amides is 2. The minimum absolute atomic E-state index is 0.0209. The number of rotatable bonds is 6. The summed E-state index contributed by atoms with van der Waals surface area (Å²) in [7, 11) is -3.07. The lowest BCUT2D eigenvalue weighted by molar-refractivity contribution is 0.176. The molecule has 2 saturated heterocycles. The van der Waals surface area contributed by atoms with Crippen molar-refractivity contribution in [3.05, 3.63) is 0 Å². The SMILES string of the molecule is CCN(CC)C1CCN(C(=O)NCC2CN(S(C)(=O)=O)C2)C1. The lowest BCUT2D eigenvalue weighted by Crippen LogP contribution is -2.54. The van der Waals surface area contributed by atoms with Crippen molar-refractivity contribution in [2.75, 3.05) is 52.1 Å². The van der Waals surface area contributed by atoms with E-state index in [1.165, 1.54) is 10.6 Å². The Kier molecular flexibility index (Phi) is 5.68. The van der Waals surface area contributed by atoms with E-state index >= 15 is 0 Å². The predicted octanol–water partition coefficient (Wildman–Crippen LogP) is 0.00350. The van der Waals surface area contributed by atoms with Gasteiger partial charge in [0.1, 0.15) is 0 Å². The van der Waals surface area contributed by atoms with E-state index in [0.717, 1.165) is 32.6 Å². The van der Waals surface area contributed by atoms with Crippen LogP contribution in [0.15, 0.2) is 0 Å². The van der Waals surface area contributed by atoms with Gasteiger partial charge in [-0.2, -0.15) is 0 Å². The number of urea groups is 1. The van der Waals surface area contributed by atoms with E-state index in [4.69, 9.17) is 0 Å². The lowest BCUT2D eigenvalue weighted by atomic mass is 10.0. The van der Waals surface area contributed by atoms with Crippen molar-refractivity contribution >= 4 is 16.1 Å². The minimum Gasteiger partial charge on any atom is -0.338 e. The fraction of sp³-hybridized carbons (Fsp3) is 0.929. The second-order valence-corrected chi connectivity index (χ2v) is 8.22. The second-order valence-electron chi connectivity index (χ2n) is 6.24. The van der Waals surface area contributed by atoms with Crippen molar-refractivity contribution in [2.45, 2.75) is 26.3 Å². The van der Waals surface area contributed by atoms with Gasteiger partial charge in [0, 0.05) is 44.7 Å². The van der Waals surface area contributed by atoms with Crippen molar-refractivity contribution in [1.82, 2.24) is 19.4 Å². The molecule has 0 aromatic rings. The average molecular weight is 332 g/mol. The number of carbonyl (C=O) groups excluding carboxylic acids is 1. The first-order valence-corrected chi connectivity index (χ1v) is 9.91. The van der Waals surface area contributed by atoms with Gasteiger partial charge in [-0.1, -0.05) is 13.8 Å². The third-order valence-electron chi connectivity index (χ3n) is 4.71. The van der Waals surface area contributed by atoms with E-state index in [1.54, 1.807) is 0 Å². The van der Waals surface area contributed by atoms with Gasteiger partial charge in [-0.15, -0.1) is 0 Å². The molecule has 1 atom stereocenters. The fourth-order valence-electron chi connectivity index (χ4n) is 3.23. The van der Waals surface area contributed by atoms with Crippen LogP contribution in [0.1, 0.15) is 20.3 Å². The maximum absolute atomic E-state index is 12.2. The zero-order valence-corrected chi connectivity index (χ0v) is 14.6. The van der Waals surface area contributed by atoms with Crippen LogP contribution in [0.4, 0.5) is 4.79 Å². The Morgan fingerprint density at radius 3 is 2.41 bits per heavy atom. The molecule has 1 N–H and O–H groups in total. The minimum atomic E-state index is -3.07. The Bertz CT molecular complexity index is 486. The van der Waals surface area contributed by atoms with Crippen LogP contribution in [0.25, 0.3) is 0 Å². The molecule has 2 aliphatic heterocycles. The van der Waals surface area contributed by atoms with Gasteiger partial charge in [0.2, 0.25) is 10.0 Å². The van der Waals surface area contributed by atoms with E-state index < -0.39 is 10.0 Å². The zero-order valence-electron chi connectivity index (χ0n) is 13.8. The summed E-state index contributed by atoms with van der Waals surface area (Å²) in [6.07, 6.45) is 2.25. The highest BCUT2D eigenvalue weighted by molar-refractivity contribution is 7.88. The predicted molar refractivity (Wildman–Crippen MR) is 86.2 cm³/mol. The van der Waals surface area contributed by atoms with Crippen LogP contribution < -0.4 is 5.32 Å². The standard InChI is InChI=1S/C14H28N4O3S/c1-4-16(5-2)13-6-7-17(11-13)14(19)15-8-12-9-18(10-12)22(3,20)21/h12-13H,4-11H2,1-3H3,(H,15,19). The molecule has 0 aliphatic carbocycles. The number of hydrogen-bond donors (Lipinski definition) is 1. The number of carbonyl (C=O) groups is 1. The molecule has 1 unspecified atom stereocenters. The van der Waals surface area contributed by atoms with Crippen molar-refractivity contribution in [2.24, 2.45) is 5.92 Å². The van der Waals surface area contributed by atoms with E-state index in [1.807, 2.05) is 4.90 Å². The normalized spacial score (nSPS) is 23.8. The molecule has 0 aromatic carbocycles. The summed E-state index contributed by atoms with van der Waals surface area (Å²) in [6.45, 7) is 9.49. The summed E-state index contributed by atoms with van der Waals surface area (Å²) in [4.78, 5) is 16.4. The number of nitrogens with one attached hydrogen (secondary N) is 1. The Hall–Kier alpha value is -0.860. The lowest BCUT2D eigenvalue weighted by Gasteiger charge is -2.37. The van der Waals surface area contributed by atoms with Crippen LogP contribution in [-0.2, 0) is 10.0 Å². The molecule has 2 amide bonds. The van der Waals surface area contributed by atoms with Crippen LogP contribution >= 0.6 is 0 Å². The van der Waals surface area contributed by atoms with Gasteiger partial charge < -0.3 is 10.2 Å². The summed E-state index contributed by atoms with van der Waals surface area (Å²) in [5.74, 6) is 0.236. The highest BCUT2D eigenvalue weighted by atomic mass is 32.2. The molecular weight excluding hydrogens is 304 g/mol. The largest absolute Gasteiger partial charge is 0.338 e. The highest BCUT2D eigenvalue weighted by Crippen LogP contribution is 2.18. The van der Waals surface area contributed by atoms with Crippen LogP contribution in [0, 0.1) is 5.92 Å². The summed E-state index contributed by atoms with van der Waals surface area (Å²) >= 11 is 0. The quantitative estimate of drug-likeness (QED) is 0.743. The van der Waals surface area contributed by atoms with Gasteiger partial charge in [0.25, 0.3) is 0 Å². The molecule has 2 aliphatic rings. The number of likely N-dealkylation sites (N-methyl/N-ethyl adjacent to an activating group) is 1. The molecule has 7 nitrogen and oxygen atoms in total. The summed E-state index contributed by atoms with van der Waals surface area (Å²) < 4.78 is 24.0. The number of hydrogen-bond acceptors (Lipinski definition) is 4. The molecule has 2 fully saturated rings. The maximum Gasteiger partial charge on any atom is 0.317 e. The Morgan fingerprint density at radius 2 is 1.86 bits per heavy atom. The summed E-state index contributed by atoms with van der Waals surface area (Å²) in [6, 6.07) is 0.442. The first kappa shape index (κ1) is 17.5. The zero-order chi connectivity index (χ0) is 16.3. The van der Waals surface area contributed by atoms with Crippen molar-refractivity contribution in [1.29, 1.82) is 0 Å². The maximum atomic E-state index is 12.2. The Balaban J connectivity index is 1.69. The van der Waals surface area contributed by atoms with Crippen molar-refractivity contribution in [3.8, 4) is 0 Å². The summed E-state index contributed by atoms with van der Waals surface area (Å²) in [5, 5.41) is 2.94. The van der Waals surface area contributed by atoms with Crippen LogP contribution in [0.3, 0.4) is 0 Å². The molecule has 22 heavy (non-hydrogen) atoms. The third-order valence-corrected chi connectivity index (χ3v) is 5.95. The molecule has 128 valence electrons. The first-order chi connectivity index (χ1) is 10.3. The van der Waals surface area contributed by atoms with Gasteiger partial charge in [0.15, 0.2) is 0 Å². The smallest absolute Gasteiger partial charge is 0.317 e. The topological polar surface area (TPSA) is 73.0 Å². The van der Waals surface area contributed by atoms with Crippen LogP contribution in [0.5, 0.6) is 0 Å². The molecular formula is C14H28N4O3S. The highest BCUT2D eigenvalue weighted by Gasteiger charge is 2.34. The van der Waals surface area contributed by atoms with Gasteiger partial charge in [0.05, 0.1) is 6.26 Å². The molecule has 2 heterocycles. The van der Waals surface area contributed by atoms with E-state index in [-0.39, 0.29) is 11.9 Å². The molecule has 8 heteroatoms.